The molecule has 4 aromatic rings. The Hall–Kier alpha value is -5.37. The standard InChI is InChI=1S/C35H32F3N5O6S/c36-35(37,38)26-15-11-24(12-16-26)23-40-33(45)34(19-22-50(46,47)28-7-2-1-3-8-28)31(29-9-4-5-10-30(29)42-43-39)49-32(41-34)25-13-17-27(18-14-25)48-21-6-20-44/h1-5,7-18,31,44H,6,19-23H2,(H,40,45)/t31-,34-/m1/s1. The van der Waals surface area contributed by atoms with Gasteiger partial charge in [0.25, 0.3) is 5.91 Å². The smallest absolute Gasteiger partial charge is 0.416 e. The predicted molar refractivity (Wildman–Crippen MR) is 178 cm³/mol. The maximum Gasteiger partial charge on any atom is 0.416 e. The number of nitrogens with one attached hydrogen (secondary N) is 1. The number of sulfone groups is 1. The first kappa shape index (κ1) is 35.9. The molecule has 11 nitrogen and oxygen atoms in total. The van der Waals surface area contributed by atoms with E-state index >= 15 is 0 Å². The van der Waals surface area contributed by atoms with Gasteiger partial charge in [-0.15, -0.1) is 0 Å². The van der Waals surface area contributed by atoms with Crippen LogP contribution in [0.2, 0.25) is 0 Å². The van der Waals surface area contributed by atoms with Crippen molar-refractivity contribution in [1.82, 2.24) is 5.32 Å². The van der Waals surface area contributed by atoms with Gasteiger partial charge in [0.2, 0.25) is 5.90 Å². The Balaban J connectivity index is 1.58. The van der Waals surface area contributed by atoms with Crippen molar-refractivity contribution in [3.63, 3.8) is 0 Å². The van der Waals surface area contributed by atoms with Gasteiger partial charge in [-0.3, -0.25) is 4.79 Å². The SMILES string of the molecule is [N-]=[N+]=Nc1ccccc1[C@H]1OC(c2ccc(OCCCO)cc2)=N[C@@]1(CCS(=O)(=O)c1ccccc1)C(=O)NCc1ccc(C(F)(F)F)cc1. The molecule has 0 saturated carbocycles. The van der Waals surface area contributed by atoms with Gasteiger partial charge in [-0.05, 0) is 59.6 Å². The van der Waals surface area contributed by atoms with E-state index in [0.29, 0.717) is 23.3 Å². The molecule has 5 rings (SSSR count). The van der Waals surface area contributed by atoms with E-state index in [1.807, 2.05) is 0 Å². The number of halogens is 3. The second kappa shape index (κ2) is 15.5. The fraction of sp³-hybridized carbons (Fsp3) is 0.257. The van der Waals surface area contributed by atoms with E-state index in [1.54, 1.807) is 60.7 Å². The Kier molecular flexibility index (Phi) is 11.1. The highest BCUT2D eigenvalue weighted by atomic mass is 32.2. The van der Waals surface area contributed by atoms with Crippen molar-refractivity contribution in [2.24, 2.45) is 10.1 Å². The lowest BCUT2D eigenvalue weighted by molar-refractivity contribution is -0.137. The summed E-state index contributed by atoms with van der Waals surface area (Å²) in [4.78, 5) is 22.1. The monoisotopic (exact) mass is 707 g/mol. The first-order valence-electron chi connectivity index (χ1n) is 15.4. The highest BCUT2D eigenvalue weighted by Crippen LogP contribution is 2.46. The van der Waals surface area contributed by atoms with Gasteiger partial charge in [0.05, 0.1) is 22.8 Å². The molecule has 0 saturated heterocycles. The average Bonchev–Trinajstić information content (AvgIpc) is 3.51. The molecule has 2 N–H and O–H groups in total. The molecule has 0 spiro atoms. The molecular weight excluding hydrogens is 675 g/mol. The molecular formula is C35H32F3N5O6S. The Morgan fingerprint density at radius 3 is 2.34 bits per heavy atom. The summed E-state index contributed by atoms with van der Waals surface area (Å²) in [5.41, 5.74) is 7.65. The zero-order chi connectivity index (χ0) is 35.8. The number of azide groups is 1. The molecule has 260 valence electrons. The molecule has 0 radical (unpaired) electrons. The molecule has 0 unspecified atom stereocenters. The number of hydrogen-bond acceptors (Lipinski definition) is 8. The van der Waals surface area contributed by atoms with Crippen LogP contribution in [-0.4, -0.2) is 49.8 Å². The van der Waals surface area contributed by atoms with Crippen LogP contribution in [0.25, 0.3) is 10.4 Å². The number of aliphatic hydroxyl groups is 1. The third-order valence-corrected chi connectivity index (χ3v) is 9.72. The Labute approximate surface area is 285 Å². The van der Waals surface area contributed by atoms with Crippen molar-refractivity contribution in [2.45, 2.75) is 42.1 Å². The summed E-state index contributed by atoms with van der Waals surface area (Å²) >= 11 is 0. The summed E-state index contributed by atoms with van der Waals surface area (Å²) in [5.74, 6) is -0.807. The number of hydrogen-bond donors (Lipinski definition) is 2. The predicted octanol–water partition coefficient (Wildman–Crippen LogP) is 6.85. The summed E-state index contributed by atoms with van der Waals surface area (Å²) in [6, 6.07) is 24.9. The van der Waals surface area contributed by atoms with Crippen LogP contribution in [0.15, 0.2) is 118 Å². The maximum atomic E-state index is 14.4. The second-order valence-electron chi connectivity index (χ2n) is 11.3. The van der Waals surface area contributed by atoms with E-state index in [-0.39, 0.29) is 48.2 Å². The summed E-state index contributed by atoms with van der Waals surface area (Å²) in [6.45, 7) is 0.0354. The number of nitrogens with zero attached hydrogens (tertiary/aromatic N) is 4. The fourth-order valence-electron chi connectivity index (χ4n) is 5.38. The number of carbonyl (C=O) groups excluding carboxylic acids is 1. The number of aliphatic imine (C=N–C) groups is 1. The van der Waals surface area contributed by atoms with Crippen LogP contribution in [0.1, 0.15) is 41.2 Å². The molecule has 0 aromatic heterocycles. The van der Waals surface area contributed by atoms with E-state index in [1.165, 1.54) is 30.3 Å². The number of aliphatic hydroxyl groups excluding tert-OH is 1. The van der Waals surface area contributed by atoms with Crippen molar-refractivity contribution in [3.05, 3.63) is 136 Å². The minimum absolute atomic E-state index is 0.00515. The molecule has 0 aliphatic carbocycles. The van der Waals surface area contributed by atoms with Crippen LogP contribution in [0.4, 0.5) is 18.9 Å². The van der Waals surface area contributed by atoms with E-state index in [4.69, 9.17) is 19.6 Å². The number of alkyl halides is 3. The molecule has 2 atom stereocenters. The van der Waals surface area contributed by atoms with Gasteiger partial charge in [0.1, 0.15) is 5.75 Å². The number of benzene rings is 4. The molecule has 4 aromatic carbocycles. The third kappa shape index (κ3) is 8.25. The van der Waals surface area contributed by atoms with Crippen molar-refractivity contribution >= 4 is 27.3 Å². The summed E-state index contributed by atoms with van der Waals surface area (Å²) in [6.07, 6.45) is -5.79. The summed E-state index contributed by atoms with van der Waals surface area (Å²) in [5, 5.41) is 15.6. The molecule has 50 heavy (non-hydrogen) atoms. The van der Waals surface area contributed by atoms with Crippen molar-refractivity contribution in [2.75, 3.05) is 19.0 Å². The molecule has 15 heteroatoms. The van der Waals surface area contributed by atoms with Gasteiger partial charge in [0.15, 0.2) is 21.5 Å². The molecule has 0 bridgehead atoms. The first-order valence-corrected chi connectivity index (χ1v) is 17.1. The topological polar surface area (TPSA) is 163 Å². The van der Waals surface area contributed by atoms with E-state index < -0.39 is 44.9 Å². The number of amides is 1. The van der Waals surface area contributed by atoms with Gasteiger partial charge in [0, 0.05) is 47.7 Å². The lowest BCUT2D eigenvalue weighted by atomic mass is 9.84. The second-order valence-corrected chi connectivity index (χ2v) is 13.4. The number of carbonyl (C=O) groups is 1. The lowest BCUT2D eigenvalue weighted by Crippen LogP contribution is -2.49. The van der Waals surface area contributed by atoms with Crippen molar-refractivity contribution in [1.29, 1.82) is 0 Å². The van der Waals surface area contributed by atoms with E-state index in [9.17, 15) is 31.9 Å². The molecule has 1 aliphatic heterocycles. The van der Waals surface area contributed by atoms with Crippen molar-refractivity contribution in [3.8, 4) is 5.75 Å². The van der Waals surface area contributed by atoms with Gasteiger partial charge in [-0.25, -0.2) is 13.4 Å². The zero-order valence-electron chi connectivity index (χ0n) is 26.5. The van der Waals surface area contributed by atoms with Crippen LogP contribution in [0, 0.1) is 0 Å². The minimum atomic E-state index is -4.54. The van der Waals surface area contributed by atoms with Gasteiger partial charge < -0.3 is 19.9 Å². The van der Waals surface area contributed by atoms with Gasteiger partial charge >= 0.3 is 6.18 Å². The third-order valence-electron chi connectivity index (χ3n) is 7.99. The molecule has 1 amide bonds. The van der Waals surface area contributed by atoms with Gasteiger partial charge in [-0.2, -0.15) is 13.2 Å². The Bertz CT molecular complexity index is 1990. The first-order chi connectivity index (χ1) is 24.0. The molecule has 1 aliphatic rings. The Morgan fingerprint density at radius 1 is 1.00 bits per heavy atom. The lowest BCUT2D eigenvalue weighted by Gasteiger charge is -2.31. The normalized spacial score (nSPS) is 17.3. The highest BCUT2D eigenvalue weighted by molar-refractivity contribution is 7.91. The minimum Gasteiger partial charge on any atom is -0.494 e. The van der Waals surface area contributed by atoms with E-state index in [0.717, 1.165) is 12.1 Å². The van der Waals surface area contributed by atoms with Crippen LogP contribution >= 0.6 is 0 Å². The van der Waals surface area contributed by atoms with Crippen LogP contribution < -0.4 is 10.1 Å². The van der Waals surface area contributed by atoms with E-state index in [2.05, 4.69) is 15.3 Å². The number of rotatable bonds is 14. The Morgan fingerprint density at radius 2 is 1.68 bits per heavy atom. The summed E-state index contributed by atoms with van der Waals surface area (Å²) in [7, 11) is -3.96. The summed E-state index contributed by atoms with van der Waals surface area (Å²) < 4.78 is 78.6. The quantitative estimate of drug-likeness (QED) is 0.0631. The van der Waals surface area contributed by atoms with Crippen molar-refractivity contribution < 1.29 is 41.0 Å². The van der Waals surface area contributed by atoms with Crippen LogP contribution in [-0.2, 0) is 32.1 Å². The molecule has 0 fully saturated rings. The van der Waals surface area contributed by atoms with Gasteiger partial charge in [-0.1, -0.05) is 59.7 Å². The largest absolute Gasteiger partial charge is 0.494 e. The zero-order valence-corrected chi connectivity index (χ0v) is 27.3. The fourth-order valence-corrected chi connectivity index (χ4v) is 6.77. The van der Waals surface area contributed by atoms with Crippen LogP contribution in [0.3, 0.4) is 0 Å². The number of ether oxygens (including phenoxy) is 2. The molecule has 1 heterocycles. The maximum absolute atomic E-state index is 14.4. The average molecular weight is 708 g/mol. The highest BCUT2D eigenvalue weighted by Gasteiger charge is 2.54. The van der Waals surface area contributed by atoms with Crippen LogP contribution in [0.5, 0.6) is 5.75 Å².